The quantitative estimate of drug-likeness (QED) is 0.895. The largest absolute Gasteiger partial charge is 0.314 e. The van der Waals surface area contributed by atoms with Crippen molar-refractivity contribution in [3.8, 4) is 10.6 Å². The zero-order valence-electron chi connectivity index (χ0n) is 10.4. The van der Waals surface area contributed by atoms with E-state index in [4.69, 9.17) is 0 Å². The molecule has 1 N–H and O–H groups in total. The van der Waals surface area contributed by atoms with Gasteiger partial charge < -0.3 is 5.32 Å². The maximum atomic E-state index is 4.28. The molecule has 5 heteroatoms. The van der Waals surface area contributed by atoms with E-state index in [2.05, 4.69) is 26.6 Å². The van der Waals surface area contributed by atoms with Crippen LogP contribution in [0.4, 0.5) is 0 Å². The van der Waals surface area contributed by atoms with Crippen molar-refractivity contribution in [1.29, 1.82) is 0 Å². The molecule has 0 aromatic carbocycles. The summed E-state index contributed by atoms with van der Waals surface area (Å²) >= 11 is 1.66. The molecule has 0 aliphatic heterocycles. The highest BCUT2D eigenvalue weighted by molar-refractivity contribution is 7.14. The maximum Gasteiger partial charge on any atom is 0.149 e. The zero-order valence-corrected chi connectivity index (χ0v) is 11.2. The van der Waals surface area contributed by atoms with Crippen LogP contribution in [0.3, 0.4) is 0 Å². The Hall–Kier alpha value is -1.33. The second-order valence-corrected chi connectivity index (χ2v) is 5.73. The summed E-state index contributed by atoms with van der Waals surface area (Å²) in [6.45, 7) is 2.99. The molecule has 18 heavy (non-hydrogen) atoms. The molecule has 0 saturated heterocycles. The molecule has 0 atom stereocenters. The second-order valence-electron chi connectivity index (χ2n) is 4.67. The summed E-state index contributed by atoms with van der Waals surface area (Å²) in [6.07, 6.45) is 5.49. The number of aryl methyl sites for hydroxylation is 1. The second kappa shape index (κ2) is 5.12. The lowest BCUT2D eigenvalue weighted by atomic mass is 10.3. The fraction of sp³-hybridized carbons (Fsp3) is 0.462. The van der Waals surface area contributed by atoms with Crippen LogP contribution in [0.2, 0.25) is 0 Å². The van der Waals surface area contributed by atoms with Gasteiger partial charge in [-0.25, -0.2) is 0 Å². The molecule has 1 aliphatic rings. The van der Waals surface area contributed by atoms with Crippen molar-refractivity contribution < 1.29 is 0 Å². The number of hydrogen-bond acceptors (Lipinski definition) is 5. The van der Waals surface area contributed by atoms with Crippen LogP contribution in [0.5, 0.6) is 0 Å². The highest BCUT2D eigenvalue weighted by Gasteiger charge is 2.19. The van der Waals surface area contributed by atoms with E-state index in [0.29, 0.717) is 0 Å². The highest BCUT2D eigenvalue weighted by Crippen LogP contribution is 2.23. The lowest BCUT2D eigenvalue weighted by molar-refractivity contribution is 0.677. The summed E-state index contributed by atoms with van der Waals surface area (Å²) in [7, 11) is 0. The van der Waals surface area contributed by atoms with Crippen LogP contribution in [-0.4, -0.2) is 27.8 Å². The Balaban J connectivity index is 1.62. The molecule has 0 amide bonds. The Morgan fingerprint density at radius 3 is 2.94 bits per heavy atom. The first-order valence-corrected chi connectivity index (χ1v) is 7.12. The van der Waals surface area contributed by atoms with Gasteiger partial charge in [-0.1, -0.05) is 11.3 Å². The van der Waals surface area contributed by atoms with Crippen molar-refractivity contribution in [2.24, 2.45) is 0 Å². The highest BCUT2D eigenvalue weighted by atomic mass is 32.1. The lowest BCUT2D eigenvalue weighted by Crippen LogP contribution is -2.19. The molecule has 4 nitrogen and oxygen atoms in total. The number of hydrogen-bond donors (Lipinski definition) is 1. The topological polar surface area (TPSA) is 50.7 Å². The van der Waals surface area contributed by atoms with Crippen LogP contribution in [0.1, 0.15) is 23.5 Å². The Kier molecular flexibility index (Phi) is 3.34. The van der Waals surface area contributed by atoms with Gasteiger partial charge in [0.2, 0.25) is 0 Å². The predicted octanol–water partition coefficient (Wildman–Crippen LogP) is 2.20. The van der Waals surface area contributed by atoms with Gasteiger partial charge in [-0.15, -0.1) is 10.2 Å². The molecule has 0 bridgehead atoms. The van der Waals surface area contributed by atoms with Crippen LogP contribution in [0.15, 0.2) is 18.3 Å². The van der Waals surface area contributed by atoms with Crippen LogP contribution in [0, 0.1) is 6.92 Å². The van der Waals surface area contributed by atoms with E-state index in [1.807, 2.05) is 19.2 Å². The van der Waals surface area contributed by atoms with Crippen molar-refractivity contribution in [2.75, 3.05) is 6.54 Å². The monoisotopic (exact) mass is 260 g/mol. The summed E-state index contributed by atoms with van der Waals surface area (Å²) in [4.78, 5) is 4.28. The molecule has 1 aliphatic carbocycles. The van der Waals surface area contributed by atoms with Crippen LogP contribution < -0.4 is 5.32 Å². The third-order valence-electron chi connectivity index (χ3n) is 2.97. The third kappa shape index (κ3) is 2.91. The van der Waals surface area contributed by atoms with Gasteiger partial charge in [-0.05, 0) is 31.9 Å². The third-order valence-corrected chi connectivity index (χ3v) is 4.01. The molecule has 3 rings (SSSR count). The van der Waals surface area contributed by atoms with E-state index in [0.717, 1.165) is 40.3 Å². The predicted molar refractivity (Wildman–Crippen MR) is 72.6 cm³/mol. The number of aromatic nitrogens is 3. The Morgan fingerprint density at radius 2 is 2.22 bits per heavy atom. The summed E-state index contributed by atoms with van der Waals surface area (Å²) in [5.74, 6) is 0. The van der Waals surface area contributed by atoms with Crippen LogP contribution >= 0.6 is 11.3 Å². The molecular formula is C13H16N4S. The molecule has 94 valence electrons. The average molecular weight is 260 g/mol. The van der Waals surface area contributed by atoms with Gasteiger partial charge in [0.25, 0.3) is 0 Å². The molecule has 1 fully saturated rings. The summed E-state index contributed by atoms with van der Waals surface area (Å²) in [5.41, 5.74) is 2.08. The summed E-state index contributed by atoms with van der Waals surface area (Å²) < 4.78 is 0. The van der Waals surface area contributed by atoms with Crippen LogP contribution in [0.25, 0.3) is 10.6 Å². The molecule has 2 heterocycles. The Labute approximate surface area is 110 Å². The fourth-order valence-electron chi connectivity index (χ4n) is 1.74. The minimum Gasteiger partial charge on any atom is -0.314 e. The smallest absolute Gasteiger partial charge is 0.149 e. The first-order chi connectivity index (χ1) is 8.81. The van der Waals surface area contributed by atoms with E-state index in [-0.39, 0.29) is 0 Å². The number of nitrogens with one attached hydrogen (secondary N) is 1. The Morgan fingerprint density at radius 1 is 1.33 bits per heavy atom. The van der Waals surface area contributed by atoms with E-state index < -0.39 is 0 Å². The fourth-order valence-corrected chi connectivity index (χ4v) is 2.57. The Bertz CT molecular complexity index is 516. The standard InChI is InChI=1S/C13H16N4S/c1-9-2-3-10(8-15-9)13-17-16-12(18-13)6-7-14-11-4-5-11/h2-3,8,11,14H,4-7H2,1H3. The maximum absolute atomic E-state index is 4.28. The molecular weight excluding hydrogens is 244 g/mol. The first kappa shape index (κ1) is 11.7. The zero-order chi connectivity index (χ0) is 12.4. The molecule has 2 aromatic rings. The SMILES string of the molecule is Cc1ccc(-c2nnc(CCNC3CC3)s2)cn1. The molecule has 0 spiro atoms. The average Bonchev–Trinajstić information content (AvgIpc) is 3.08. The van der Waals surface area contributed by atoms with E-state index in [9.17, 15) is 0 Å². The van der Waals surface area contributed by atoms with Gasteiger partial charge in [0.1, 0.15) is 10.0 Å². The van der Waals surface area contributed by atoms with Crippen LogP contribution in [-0.2, 0) is 6.42 Å². The van der Waals surface area contributed by atoms with Crippen molar-refractivity contribution in [2.45, 2.75) is 32.2 Å². The molecule has 0 radical (unpaired) electrons. The van der Waals surface area contributed by atoms with Crippen molar-refractivity contribution >= 4 is 11.3 Å². The van der Waals surface area contributed by atoms with Crippen molar-refractivity contribution in [1.82, 2.24) is 20.5 Å². The van der Waals surface area contributed by atoms with Crippen molar-refractivity contribution in [3.63, 3.8) is 0 Å². The molecule has 2 aromatic heterocycles. The van der Waals surface area contributed by atoms with Crippen molar-refractivity contribution in [3.05, 3.63) is 29.0 Å². The minimum absolute atomic E-state index is 0.763. The van der Waals surface area contributed by atoms with Gasteiger partial charge in [0, 0.05) is 36.5 Å². The van der Waals surface area contributed by atoms with E-state index in [1.165, 1.54) is 12.8 Å². The van der Waals surface area contributed by atoms with E-state index in [1.54, 1.807) is 11.3 Å². The molecule has 0 unspecified atom stereocenters. The molecule has 1 saturated carbocycles. The minimum atomic E-state index is 0.763. The number of nitrogens with zero attached hydrogens (tertiary/aromatic N) is 3. The van der Waals surface area contributed by atoms with Gasteiger partial charge in [0.05, 0.1) is 0 Å². The normalized spacial score (nSPS) is 14.9. The van der Waals surface area contributed by atoms with Gasteiger partial charge in [-0.2, -0.15) is 0 Å². The lowest BCUT2D eigenvalue weighted by Gasteiger charge is -1.98. The van der Waals surface area contributed by atoms with Gasteiger partial charge >= 0.3 is 0 Å². The summed E-state index contributed by atoms with van der Waals surface area (Å²) in [6, 6.07) is 4.82. The number of pyridine rings is 1. The summed E-state index contributed by atoms with van der Waals surface area (Å²) in [5, 5.41) is 14.0. The first-order valence-electron chi connectivity index (χ1n) is 6.30. The van der Waals surface area contributed by atoms with Gasteiger partial charge in [0.15, 0.2) is 0 Å². The van der Waals surface area contributed by atoms with E-state index >= 15 is 0 Å². The van der Waals surface area contributed by atoms with Gasteiger partial charge in [-0.3, -0.25) is 4.98 Å². The number of rotatable bonds is 5.